The van der Waals surface area contributed by atoms with E-state index in [0.717, 1.165) is 12.2 Å². The fraction of sp³-hybridized carbons (Fsp3) is 0.533. The van der Waals surface area contributed by atoms with Crippen molar-refractivity contribution < 1.29 is 4.39 Å². The third kappa shape index (κ3) is 2.87. The molecule has 0 heterocycles. The standard InChI is InChI=1S/C15H20FN3/c1-19(2)15(7-3-4-8-15)11-18-13-6-5-12(10-17)14(16)9-13/h5-6,9,18H,3-4,7-8,11H2,1-2H3. The molecule has 3 nitrogen and oxygen atoms in total. The van der Waals surface area contributed by atoms with Gasteiger partial charge in [-0.05, 0) is 45.1 Å². The van der Waals surface area contributed by atoms with Gasteiger partial charge in [-0.3, -0.25) is 0 Å². The molecule has 1 aliphatic rings. The van der Waals surface area contributed by atoms with Gasteiger partial charge in [-0.1, -0.05) is 12.8 Å². The van der Waals surface area contributed by atoms with E-state index >= 15 is 0 Å². The van der Waals surface area contributed by atoms with Crippen molar-refractivity contribution in [1.82, 2.24) is 4.90 Å². The minimum absolute atomic E-state index is 0.0914. The van der Waals surface area contributed by atoms with E-state index < -0.39 is 5.82 Å². The summed E-state index contributed by atoms with van der Waals surface area (Å²) in [5.41, 5.74) is 1.00. The topological polar surface area (TPSA) is 39.1 Å². The summed E-state index contributed by atoms with van der Waals surface area (Å²) >= 11 is 0. The number of nitriles is 1. The maximum absolute atomic E-state index is 13.5. The number of nitrogens with zero attached hydrogens (tertiary/aromatic N) is 2. The molecule has 4 heteroatoms. The molecule has 0 spiro atoms. The normalized spacial score (nSPS) is 17.4. The van der Waals surface area contributed by atoms with Gasteiger partial charge in [0, 0.05) is 17.8 Å². The third-order valence-corrected chi connectivity index (χ3v) is 4.19. The number of rotatable bonds is 4. The lowest BCUT2D eigenvalue weighted by Gasteiger charge is -2.36. The van der Waals surface area contributed by atoms with Gasteiger partial charge in [-0.15, -0.1) is 0 Å². The molecule has 1 aliphatic carbocycles. The molecule has 0 aromatic heterocycles. The van der Waals surface area contributed by atoms with Crippen LogP contribution in [0.15, 0.2) is 18.2 Å². The number of anilines is 1. The van der Waals surface area contributed by atoms with E-state index in [9.17, 15) is 4.39 Å². The second kappa shape index (κ2) is 5.58. The highest BCUT2D eigenvalue weighted by molar-refractivity contribution is 5.48. The second-order valence-corrected chi connectivity index (χ2v) is 5.49. The quantitative estimate of drug-likeness (QED) is 0.905. The minimum atomic E-state index is -0.460. The number of likely N-dealkylation sites (N-methyl/N-ethyl adjacent to an activating group) is 1. The highest BCUT2D eigenvalue weighted by Crippen LogP contribution is 2.34. The van der Waals surface area contributed by atoms with Crippen LogP contribution in [0.5, 0.6) is 0 Å². The molecular formula is C15H20FN3. The van der Waals surface area contributed by atoms with Crippen molar-refractivity contribution in [2.24, 2.45) is 0 Å². The predicted octanol–water partition coefficient (Wildman–Crippen LogP) is 2.98. The van der Waals surface area contributed by atoms with Crippen molar-refractivity contribution in [2.45, 2.75) is 31.2 Å². The molecular weight excluding hydrogens is 241 g/mol. The van der Waals surface area contributed by atoms with Crippen LogP contribution in [-0.2, 0) is 0 Å². The highest BCUT2D eigenvalue weighted by atomic mass is 19.1. The van der Waals surface area contributed by atoms with Crippen LogP contribution in [0.4, 0.5) is 10.1 Å². The molecule has 19 heavy (non-hydrogen) atoms. The largest absolute Gasteiger partial charge is 0.383 e. The van der Waals surface area contributed by atoms with Crippen molar-refractivity contribution in [3.05, 3.63) is 29.6 Å². The monoisotopic (exact) mass is 261 g/mol. The van der Waals surface area contributed by atoms with Gasteiger partial charge >= 0.3 is 0 Å². The van der Waals surface area contributed by atoms with Gasteiger partial charge in [0.05, 0.1) is 5.56 Å². The summed E-state index contributed by atoms with van der Waals surface area (Å²) in [7, 11) is 4.21. The van der Waals surface area contributed by atoms with Crippen LogP contribution in [0.2, 0.25) is 0 Å². The first kappa shape index (κ1) is 13.8. The van der Waals surface area contributed by atoms with E-state index in [1.165, 1.54) is 37.8 Å². The molecule has 2 rings (SSSR count). The average Bonchev–Trinajstić information content (AvgIpc) is 2.86. The fourth-order valence-corrected chi connectivity index (χ4v) is 2.80. The Morgan fingerprint density at radius 3 is 2.58 bits per heavy atom. The molecule has 0 aliphatic heterocycles. The molecule has 0 amide bonds. The van der Waals surface area contributed by atoms with Gasteiger partial charge in [-0.2, -0.15) is 5.26 Å². The van der Waals surface area contributed by atoms with Crippen molar-refractivity contribution in [3.63, 3.8) is 0 Å². The van der Waals surface area contributed by atoms with Crippen LogP contribution in [-0.4, -0.2) is 31.1 Å². The second-order valence-electron chi connectivity index (χ2n) is 5.49. The Balaban J connectivity index is 2.06. The first-order chi connectivity index (χ1) is 9.07. The molecule has 1 aromatic rings. The smallest absolute Gasteiger partial charge is 0.143 e. The van der Waals surface area contributed by atoms with Gasteiger partial charge in [0.1, 0.15) is 11.9 Å². The summed E-state index contributed by atoms with van der Waals surface area (Å²) in [5, 5.41) is 12.0. The van der Waals surface area contributed by atoms with Gasteiger partial charge in [0.15, 0.2) is 0 Å². The molecule has 0 atom stereocenters. The van der Waals surface area contributed by atoms with Crippen LogP contribution >= 0.6 is 0 Å². The van der Waals surface area contributed by atoms with Gasteiger partial charge in [0.2, 0.25) is 0 Å². The Kier molecular flexibility index (Phi) is 4.06. The number of nitrogens with one attached hydrogen (secondary N) is 1. The Bertz CT molecular complexity index is 485. The molecule has 1 N–H and O–H groups in total. The van der Waals surface area contributed by atoms with Crippen LogP contribution < -0.4 is 5.32 Å². The van der Waals surface area contributed by atoms with Crippen LogP contribution in [0, 0.1) is 17.1 Å². The molecule has 1 aromatic carbocycles. The zero-order valence-corrected chi connectivity index (χ0v) is 11.5. The number of hydrogen-bond donors (Lipinski definition) is 1. The van der Waals surface area contributed by atoms with E-state index in [2.05, 4.69) is 24.3 Å². The maximum Gasteiger partial charge on any atom is 0.143 e. The molecule has 1 saturated carbocycles. The SMILES string of the molecule is CN(C)C1(CNc2ccc(C#N)c(F)c2)CCCC1. The first-order valence-electron chi connectivity index (χ1n) is 6.68. The Morgan fingerprint density at radius 1 is 1.37 bits per heavy atom. The van der Waals surface area contributed by atoms with E-state index in [1.807, 2.05) is 6.07 Å². The fourth-order valence-electron chi connectivity index (χ4n) is 2.80. The molecule has 102 valence electrons. The zero-order chi connectivity index (χ0) is 13.9. The molecule has 0 bridgehead atoms. The average molecular weight is 261 g/mol. The van der Waals surface area contributed by atoms with Gasteiger partial charge in [0.25, 0.3) is 0 Å². The summed E-state index contributed by atoms with van der Waals surface area (Å²) in [4.78, 5) is 2.27. The summed E-state index contributed by atoms with van der Waals surface area (Å²) < 4.78 is 13.5. The van der Waals surface area contributed by atoms with Crippen molar-refractivity contribution in [2.75, 3.05) is 26.0 Å². The third-order valence-electron chi connectivity index (χ3n) is 4.19. The molecule has 0 radical (unpaired) electrons. The lowest BCUT2D eigenvalue weighted by molar-refractivity contribution is 0.172. The summed E-state index contributed by atoms with van der Waals surface area (Å²) in [6, 6.07) is 6.52. The minimum Gasteiger partial charge on any atom is -0.383 e. The number of halogens is 1. The lowest BCUT2D eigenvalue weighted by atomic mass is 9.96. The van der Waals surface area contributed by atoms with Crippen LogP contribution in [0.25, 0.3) is 0 Å². The van der Waals surface area contributed by atoms with Crippen LogP contribution in [0.1, 0.15) is 31.2 Å². The highest BCUT2D eigenvalue weighted by Gasteiger charge is 2.35. The summed E-state index contributed by atoms with van der Waals surface area (Å²) in [5.74, 6) is -0.460. The van der Waals surface area contributed by atoms with Crippen molar-refractivity contribution in [3.8, 4) is 6.07 Å². The van der Waals surface area contributed by atoms with Crippen molar-refractivity contribution in [1.29, 1.82) is 5.26 Å². The Morgan fingerprint density at radius 2 is 2.05 bits per heavy atom. The lowest BCUT2D eigenvalue weighted by Crippen LogP contribution is -2.47. The maximum atomic E-state index is 13.5. The van der Waals surface area contributed by atoms with E-state index in [1.54, 1.807) is 6.07 Å². The van der Waals surface area contributed by atoms with E-state index in [4.69, 9.17) is 5.26 Å². The van der Waals surface area contributed by atoms with Gasteiger partial charge < -0.3 is 10.2 Å². The van der Waals surface area contributed by atoms with E-state index in [-0.39, 0.29) is 11.1 Å². The predicted molar refractivity (Wildman–Crippen MR) is 74.5 cm³/mol. The Labute approximate surface area is 114 Å². The zero-order valence-electron chi connectivity index (χ0n) is 11.5. The molecule has 1 fully saturated rings. The van der Waals surface area contributed by atoms with Crippen LogP contribution in [0.3, 0.4) is 0 Å². The number of hydrogen-bond acceptors (Lipinski definition) is 3. The van der Waals surface area contributed by atoms with Crippen molar-refractivity contribution >= 4 is 5.69 Å². The summed E-state index contributed by atoms with van der Waals surface area (Å²) in [6.45, 7) is 0.811. The Hall–Kier alpha value is -1.60. The number of benzene rings is 1. The van der Waals surface area contributed by atoms with E-state index in [0.29, 0.717) is 0 Å². The first-order valence-corrected chi connectivity index (χ1v) is 6.68. The molecule has 0 unspecified atom stereocenters. The van der Waals surface area contributed by atoms with Gasteiger partial charge in [-0.25, -0.2) is 4.39 Å². The molecule has 0 saturated heterocycles. The summed E-state index contributed by atoms with van der Waals surface area (Å²) in [6.07, 6.45) is 4.85.